The number of nitrogens with zero attached hydrogens (tertiary/aromatic N) is 4. The lowest BCUT2D eigenvalue weighted by Gasteiger charge is -2.16. The predicted octanol–water partition coefficient (Wildman–Crippen LogP) is 1.46. The molecule has 0 spiro atoms. The van der Waals surface area contributed by atoms with E-state index >= 15 is 0 Å². The summed E-state index contributed by atoms with van der Waals surface area (Å²) in [7, 11) is 2.99. The molecular weight excluding hydrogens is 398 g/mol. The maximum atomic E-state index is 12.8. The van der Waals surface area contributed by atoms with E-state index in [9.17, 15) is 14.7 Å². The van der Waals surface area contributed by atoms with Crippen LogP contribution < -0.4 is 21.3 Å². The van der Waals surface area contributed by atoms with E-state index in [1.54, 1.807) is 11.6 Å². The van der Waals surface area contributed by atoms with E-state index in [-0.39, 0.29) is 24.3 Å². The monoisotopic (exact) mass is 423 g/mol. The number of nitrogens with one attached hydrogen (secondary N) is 1. The Labute approximate surface area is 178 Å². The Bertz CT molecular complexity index is 1370. The smallest absolute Gasteiger partial charge is 0.332 e. The van der Waals surface area contributed by atoms with Gasteiger partial charge in [-0.2, -0.15) is 4.98 Å². The third-order valence-electron chi connectivity index (χ3n) is 5.24. The van der Waals surface area contributed by atoms with Crippen LogP contribution in [-0.4, -0.2) is 43.0 Å². The SMILES string of the molecule is CCNc1nc2c(c(=O)n(C)c(=O)n2C)n1C[C@@H](O)COc1ccc2ccccc2c1. The Kier molecular flexibility index (Phi) is 5.51. The minimum atomic E-state index is -0.900. The number of aliphatic hydroxyl groups excluding tert-OH is 1. The topological polar surface area (TPSA) is 103 Å². The molecule has 0 saturated carbocycles. The van der Waals surface area contributed by atoms with Gasteiger partial charge in [0.25, 0.3) is 5.56 Å². The van der Waals surface area contributed by atoms with Crippen LogP contribution in [0.5, 0.6) is 5.75 Å². The van der Waals surface area contributed by atoms with Gasteiger partial charge in [-0.15, -0.1) is 0 Å². The lowest BCUT2D eigenvalue weighted by atomic mass is 10.1. The zero-order valence-electron chi connectivity index (χ0n) is 17.7. The standard InChI is InChI=1S/C22H25N5O4/c1-4-23-21-24-19-18(20(29)26(3)22(30)25(19)2)27(21)12-16(28)13-31-17-10-9-14-7-5-6-8-15(14)11-17/h5-11,16,28H,4,12-13H2,1-3H3,(H,23,24)/t16-/m1/s1. The van der Waals surface area contributed by atoms with Crippen LogP contribution in [-0.2, 0) is 20.6 Å². The summed E-state index contributed by atoms with van der Waals surface area (Å²) in [6.07, 6.45) is -0.900. The van der Waals surface area contributed by atoms with Gasteiger partial charge in [-0.1, -0.05) is 30.3 Å². The molecule has 0 amide bonds. The van der Waals surface area contributed by atoms with Gasteiger partial charge in [0, 0.05) is 20.6 Å². The fraction of sp³-hybridized carbons (Fsp3) is 0.318. The lowest BCUT2D eigenvalue weighted by molar-refractivity contribution is 0.0939. The maximum absolute atomic E-state index is 12.8. The highest BCUT2D eigenvalue weighted by Crippen LogP contribution is 2.21. The molecule has 9 heteroatoms. The molecule has 0 radical (unpaired) electrons. The van der Waals surface area contributed by atoms with Crippen LogP contribution in [0.25, 0.3) is 21.9 Å². The van der Waals surface area contributed by atoms with E-state index in [1.807, 2.05) is 49.4 Å². The summed E-state index contributed by atoms with van der Waals surface area (Å²) in [4.78, 5) is 29.4. The number of rotatable bonds is 7. The number of fused-ring (bicyclic) bond motifs is 2. The average Bonchev–Trinajstić information content (AvgIpc) is 3.13. The minimum absolute atomic E-state index is 0.0374. The van der Waals surface area contributed by atoms with Gasteiger partial charge in [-0.3, -0.25) is 13.9 Å². The summed E-state index contributed by atoms with van der Waals surface area (Å²) in [6.45, 7) is 2.59. The third-order valence-corrected chi connectivity index (χ3v) is 5.24. The second-order valence-electron chi connectivity index (χ2n) is 7.43. The molecule has 162 valence electrons. The molecule has 31 heavy (non-hydrogen) atoms. The van der Waals surface area contributed by atoms with Crippen molar-refractivity contribution >= 4 is 27.9 Å². The maximum Gasteiger partial charge on any atom is 0.332 e. The molecule has 0 unspecified atom stereocenters. The number of benzene rings is 2. The number of hydrogen-bond acceptors (Lipinski definition) is 6. The number of ether oxygens (including phenoxy) is 1. The summed E-state index contributed by atoms with van der Waals surface area (Å²) in [5, 5.41) is 15.9. The quantitative estimate of drug-likeness (QED) is 0.467. The Hall–Kier alpha value is -3.59. The fourth-order valence-electron chi connectivity index (χ4n) is 3.63. The number of aromatic nitrogens is 4. The van der Waals surface area contributed by atoms with E-state index < -0.39 is 17.4 Å². The molecule has 0 saturated heterocycles. The molecule has 0 fully saturated rings. The molecular formula is C22H25N5O4. The molecule has 4 rings (SSSR count). The fourth-order valence-corrected chi connectivity index (χ4v) is 3.63. The Balaban J connectivity index is 1.61. The summed E-state index contributed by atoms with van der Waals surface area (Å²) < 4.78 is 9.76. The zero-order valence-corrected chi connectivity index (χ0v) is 17.7. The van der Waals surface area contributed by atoms with Crippen LogP contribution in [0.15, 0.2) is 52.1 Å². The van der Waals surface area contributed by atoms with Crippen LogP contribution in [0.4, 0.5) is 5.95 Å². The van der Waals surface area contributed by atoms with Gasteiger partial charge in [-0.25, -0.2) is 4.79 Å². The van der Waals surface area contributed by atoms with Crippen molar-refractivity contribution in [2.75, 3.05) is 18.5 Å². The van der Waals surface area contributed by atoms with Gasteiger partial charge >= 0.3 is 5.69 Å². The Morgan fingerprint density at radius 2 is 1.84 bits per heavy atom. The van der Waals surface area contributed by atoms with Gasteiger partial charge in [0.2, 0.25) is 5.95 Å². The first-order chi connectivity index (χ1) is 14.9. The van der Waals surface area contributed by atoms with Crippen molar-refractivity contribution in [3.8, 4) is 5.75 Å². The van der Waals surface area contributed by atoms with Crippen molar-refractivity contribution in [1.29, 1.82) is 0 Å². The van der Waals surface area contributed by atoms with E-state index in [2.05, 4.69) is 10.3 Å². The largest absolute Gasteiger partial charge is 0.491 e. The minimum Gasteiger partial charge on any atom is -0.491 e. The molecule has 2 N–H and O–H groups in total. The number of imidazole rings is 1. The normalized spacial score (nSPS) is 12.4. The molecule has 0 aliphatic rings. The van der Waals surface area contributed by atoms with Crippen molar-refractivity contribution in [2.45, 2.75) is 19.6 Å². The van der Waals surface area contributed by atoms with Crippen molar-refractivity contribution in [2.24, 2.45) is 14.1 Å². The summed E-state index contributed by atoms with van der Waals surface area (Å²) in [5.41, 5.74) is -0.389. The van der Waals surface area contributed by atoms with Crippen LogP contribution in [0.3, 0.4) is 0 Å². The highest BCUT2D eigenvalue weighted by atomic mass is 16.5. The second-order valence-corrected chi connectivity index (χ2v) is 7.43. The highest BCUT2D eigenvalue weighted by molar-refractivity contribution is 5.83. The van der Waals surface area contributed by atoms with Crippen LogP contribution >= 0.6 is 0 Å². The molecule has 0 aliphatic carbocycles. The summed E-state index contributed by atoms with van der Waals surface area (Å²) in [6, 6.07) is 13.7. The molecule has 0 bridgehead atoms. The van der Waals surface area contributed by atoms with Gasteiger partial charge in [0.05, 0.1) is 6.54 Å². The van der Waals surface area contributed by atoms with E-state index in [0.717, 1.165) is 15.3 Å². The predicted molar refractivity (Wildman–Crippen MR) is 120 cm³/mol. The van der Waals surface area contributed by atoms with Crippen LogP contribution in [0.1, 0.15) is 6.92 Å². The van der Waals surface area contributed by atoms with Crippen LogP contribution in [0, 0.1) is 0 Å². The highest BCUT2D eigenvalue weighted by Gasteiger charge is 2.21. The first-order valence-electron chi connectivity index (χ1n) is 10.1. The van der Waals surface area contributed by atoms with Crippen LogP contribution in [0.2, 0.25) is 0 Å². The van der Waals surface area contributed by atoms with Crippen molar-refractivity contribution < 1.29 is 9.84 Å². The van der Waals surface area contributed by atoms with Gasteiger partial charge in [-0.05, 0) is 29.8 Å². The molecule has 0 aliphatic heterocycles. The molecule has 4 aromatic rings. The lowest BCUT2D eigenvalue weighted by Crippen LogP contribution is -2.38. The Morgan fingerprint density at radius 1 is 1.10 bits per heavy atom. The molecule has 2 aromatic carbocycles. The van der Waals surface area contributed by atoms with Crippen molar-refractivity contribution in [1.82, 2.24) is 18.7 Å². The first-order valence-corrected chi connectivity index (χ1v) is 10.1. The van der Waals surface area contributed by atoms with E-state index in [0.29, 0.717) is 18.2 Å². The number of anilines is 1. The average molecular weight is 423 g/mol. The molecule has 2 aromatic heterocycles. The second kappa shape index (κ2) is 8.27. The molecule has 2 heterocycles. The number of aliphatic hydroxyl groups is 1. The Morgan fingerprint density at radius 3 is 2.58 bits per heavy atom. The van der Waals surface area contributed by atoms with Gasteiger partial charge in [0.1, 0.15) is 18.5 Å². The van der Waals surface area contributed by atoms with E-state index in [4.69, 9.17) is 4.74 Å². The number of hydrogen-bond donors (Lipinski definition) is 2. The molecule has 1 atom stereocenters. The summed E-state index contributed by atoms with van der Waals surface area (Å²) in [5.74, 6) is 1.07. The van der Waals surface area contributed by atoms with E-state index in [1.165, 1.54) is 11.6 Å². The first kappa shape index (κ1) is 20.7. The zero-order chi connectivity index (χ0) is 22.1. The van der Waals surface area contributed by atoms with Crippen molar-refractivity contribution in [3.05, 3.63) is 63.3 Å². The van der Waals surface area contributed by atoms with Crippen molar-refractivity contribution in [3.63, 3.8) is 0 Å². The molecule has 9 nitrogen and oxygen atoms in total. The summed E-state index contributed by atoms with van der Waals surface area (Å²) >= 11 is 0. The van der Waals surface area contributed by atoms with Gasteiger partial charge < -0.3 is 19.7 Å². The third kappa shape index (κ3) is 3.79. The van der Waals surface area contributed by atoms with Gasteiger partial charge in [0.15, 0.2) is 11.2 Å². The number of aryl methyl sites for hydroxylation is 1.